The monoisotopic (exact) mass is 218 g/mol. The van der Waals surface area contributed by atoms with Crippen LogP contribution >= 0.6 is 0 Å². The Morgan fingerprint density at radius 3 is 2.62 bits per heavy atom. The third-order valence-corrected chi connectivity index (χ3v) is 4.29. The topological polar surface area (TPSA) is 46.0 Å². The quantitative estimate of drug-likeness (QED) is 0.845. The summed E-state index contributed by atoms with van der Waals surface area (Å²) in [5.74, 6) is 1.53. The highest BCUT2D eigenvalue weighted by atomic mass is 16.3. The van der Waals surface area contributed by atoms with Crippen LogP contribution in [0.2, 0.25) is 0 Å². The Labute approximate surface area is 95.9 Å². The van der Waals surface area contributed by atoms with Gasteiger partial charge in [-0.15, -0.1) is 0 Å². The van der Waals surface area contributed by atoms with E-state index in [-0.39, 0.29) is 12.0 Å². The molecule has 0 spiro atoms. The van der Waals surface area contributed by atoms with Gasteiger partial charge in [0.2, 0.25) is 0 Å². The van der Waals surface area contributed by atoms with E-state index in [2.05, 4.69) is 9.97 Å². The fourth-order valence-corrected chi connectivity index (χ4v) is 2.62. The largest absolute Gasteiger partial charge is 0.395 e. The summed E-state index contributed by atoms with van der Waals surface area (Å²) in [6.07, 6.45) is 9.00. The van der Waals surface area contributed by atoms with E-state index in [1.165, 1.54) is 31.4 Å². The van der Waals surface area contributed by atoms with Gasteiger partial charge in [0.1, 0.15) is 5.82 Å². The van der Waals surface area contributed by atoms with Crippen LogP contribution in [0.15, 0.2) is 12.3 Å². The molecule has 86 valence electrons. The van der Waals surface area contributed by atoms with E-state index >= 15 is 0 Å². The van der Waals surface area contributed by atoms with E-state index in [0.29, 0.717) is 5.92 Å². The van der Waals surface area contributed by atoms with E-state index in [4.69, 9.17) is 0 Å². The van der Waals surface area contributed by atoms with Gasteiger partial charge in [-0.3, -0.25) is 0 Å². The standard InChI is InChI=1S/C13H18N2O/c16-9-13(6-2-7-13)12-14-8-5-11(15-12)10-3-1-4-10/h5,8,10,16H,1-4,6-7,9H2. The van der Waals surface area contributed by atoms with Gasteiger partial charge >= 0.3 is 0 Å². The number of aromatic nitrogens is 2. The summed E-state index contributed by atoms with van der Waals surface area (Å²) in [6.45, 7) is 0.196. The fraction of sp³-hybridized carbons (Fsp3) is 0.692. The minimum absolute atomic E-state index is 0.111. The number of hydrogen-bond acceptors (Lipinski definition) is 3. The number of hydrogen-bond donors (Lipinski definition) is 1. The zero-order valence-corrected chi connectivity index (χ0v) is 9.52. The molecule has 0 unspecified atom stereocenters. The Morgan fingerprint density at radius 1 is 1.31 bits per heavy atom. The van der Waals surface area contributed by atoms with Crippen LogP contribution in [0.25, 0.3) is 0 Å². The minimum atomic E-state index is -0.111. The molecule has 16 heavy (non-hydrogen) atoms. The van der Waals surface area contributed by atoms with Crippen molar-refractivity contribution in [1.82, 2.24) is 9.97 Å². The lowest BCUT2D eigenvalue weighted by atomic mass is 9.68. The highest BCUT2D eigenvalue weighted by molar-refractivity contribution is 5.18. The zero-order chi connectivity index (χ0) is 11.0. The van der Waals surface area contributed by atoms with Crippen molar-refractivity contribution in [3.05, 3.63) is 23.8 Å². The number of aliphatic hydroxyl groups is 1. The van der Waals surface area contributed by atoms with Crippen LogP contribution in [0.5, 0.6) is 0 Å². The zero-order valence-electron chi connectivity index (χ0n) is 9.52. The maximum atomic E-state index is 9.51. The van der Waals surface area contributed by atoms with Gasteiger partial charge in [-0.05, 0) is 31.7 Å². The molecule has 2 aliphatic carbocycles. The molecule has 0 radical (unpaired) electrons. The van der Waals surface area contributed by atoms with Crippen LogP contribution in [0.4, 0.5) is 0 Å². The number of nitrogens with zero attached hydrogens (tertiary/aromatic N) is 2. The van der Waals surface area contributed by atoms with Crippen molar-refractivity contribution in [3.63, 3.8) is 0 Å². The number of rotatable bonds is 3. The van der Waals surface area contributed by atoms with Crippen molar-refractivity contribution in [3.8, 4) is 0 Å². The average molecular weight is 218 g/mol. The summed E-state index contributed by atoms with van der Waals surface area (Å²) in [6, 6.07) is 2.04. The Bertz CT molecular complexity index is 378. The molecule has 0 bridgehead atoms. The molecule has 1 aromatic rings. The van der Waals surface area contributed by atoms with Crippen molar-refractivity contribution < 1.29 is 5.11 Å². The van der Waals surface area contributed by atoms with E-state index in [1.807, 2.05) is 12.3 Å². The first-order chi connectivity index (χ1) is 7.84. The molecule has 1 N–H and O–H groups in total. The van der Waals surface area contributed by atoms with Crippen LogP contribution in [0.3, 0.4) is 0 Å². The molecule has 0 aromatic carbocycles. The maximum Gasteiger partial charge on any atom is 0.136 e. The van der Waals surface area contributed by atoms with E-state index in [9.17, 15) is 5.11 Å². The lowest BCUT2D eigenvalue weighted by Gasteiger charge is -2.39. The van der Waals surface area contributed by atoms with Gasteiger partial charge in [0.05, 0.1) is 12.0 Å². The van der Waals surface area contributed by atoms with Crippen LogP contribution < -0.4 is 0 Å². The van der Waals surface area contributed by atoms with Crippen LogP contribution in [0.1, 0.15) is 56.0 Å². The van der Waals surface area contributed by atoms with Gasteiger partial charge in [0.25, 0.3) is 0 Å². The minimum Gasteiger partial charge on any atom is -0.395 e. The first-order valence-electron chi connectivity index (χ1n) is 6.28. The molecule has 1 aromatic heterocycles. The van der Waals surface area contributed by atoms with Crippen LogP contribution in [-0.2, 0) is 5.41 Å². The highest BCUT2D eigenvalue weighted by Gasteiger charge is 2.41. The second-order valence-electron chi connectivity index (χ2n) is 5.22. The smallest absolute Gasteiger partial charge is 0.136 e. The van der Waals surface area contributed by atoms with Crippen molar-refractivity contribution in [2.24, 2.45) is 0 Å². The van der Waals surface area contributed by atoms with Crippen LogP contribution in [-0.4, -0.2) is 21.7 Å². The third-order valence-electron chi connectivity index (χ3n) is 4.29. The lowest BCUT2D eigenvalue weighted by Crippen LogP contribution is -2.40. The molecule has 3 heteroatoms. The lowest BCUT2D eigenvalue weighted by molar-refractivity contribution is 0.111. The third kappa shape index (κ3) is 1.46. The molecular weight excluding hydrogens is 200 g/mol. The van der Waals surface area contributed by atoms with Gasteiger partial charge in [-0.1, -0.05) is 12.8 Å². The Balaban J connectivity index is 1.89. The van der Waals surface area contributed by atoms with Gasteiger partial charge < -0.3 is 5.11 Å². The van der Waals surface area contributed by atoms with Gasteiger partial charge in [0.15, 0.2) is 0 Å². The first-order valence-corrected chi connectivity index (χ1v) is 6.28. The van der Waals surface area contributed by atoms with Crippen LogP contribution in [0, 0.1) is 0 Å². The maximum absolute atomic E-state index is 9.51. The van der Waals surface area contributed by atoms with Gasteiger partial charge in [0, 0.05) is 17.8 Å². The molecule has 2 aliphatic rings. The summed E-state index contributed by atoms with van der Waals surface area (Å²) in [5.41, 5.74) is 1.08. The van der Waals surface area contributed by atoms with E-state index in [0.717, 1.165) is 18.7 Å². The molecule has 3 rings (SSSR count). The van der Waals surface area contributed by atoms with Gasteiger partial charge in [-0.2, -0.15) is 0 Å². The molecule has 2 saturated carbocycles. The predicted molar refractivity (Wildman–Crippen MR) is 61.2 cm³/mol. The molecule has 3 nitrogen and oxygen atoms in total. The second-order valence-corrected chi connectivity index (χ2v) is 5.22. The molecule has 0 aliphatic heterocycles. The Hall–Kier alpha value is -0.960. The SMILES string of the molecule is OCC1(c2nccc(C3CCC3)n2)CCC1. The highest BCUT2D eigenvalue weighted by Crippen LogP contribution is 2.42. The summed E-state index contributed by atoms with van der Waals surface area (Å²) in [4.78, 5) is 9.06. The van der Waals surface area contributed by atoms with E-state index < -0.39 is 0 Å². The van der Waals surface area contributed by atoms with Gasteiger partial charge in [-0.25, -0.2) is 9.97 Å². The van der Waals surface area contributed by atoms with Crippen molar-refractivity contribution in [2.75, 3.05) is 6.61 Å². The van der Waals surface area contributed by atoms with E-state index in [1.54, 1.807) is 0 Å². The second kappa shape index (κ2) is 3.81. The summed E-state index contributed by atoms with van der Waals surface area (Å²) < 4.78 is 0. The number of aliphatic hydroxyl groups excluding tert-OH is 1. The Kier molecular flexibility index (Phi) is 2.43. The van der Waals surface area contributed by atoms with Crippen molar-refractivity contribution in [2.45, 2.75) is 49.9 Å². The average Bonchev–Trinajstić information content (AvgIpc) is 2.15. The molecule has 2 fully saturated rings. The molecular formula is C13H18N2O. The predicted octanol–water partition coefficient (Wildman–Crippen LogP) is 2.16. The molecule has 0 amide bonds. The van der Waals surface area contributed by atoms with Crippen molar-refractivity contribution in [1.29, 1.82) is 0 Å². The summed E-state index contributed by atoms with van der Waals surface area (Å²) in [7, 11) is 0. The molecule has 0 atom stereocenters. The molecule has 0 saturated heterocycles. The molecule has 1 heterocycles. The first kappa shape index (κ1) is 10.2. The fourth-order valence-electron chi connectivity index (χ4n) is 2.62. The summed E-state index contributed by atoms with van der Waals surface area (Å²) in [5, 5.41) is 9.51. The normalized spacial score (nSPS) is 23.6. The van der Waals surface area contributed by atoms with Crippen molar-refractivity contribution >= 4 is 0 Å². The Morgan fingerprint density at radius 2 is 2.12 bits per heavy atom. The summed E-state index contributed by atoms with van der Waals surface area (Å²) >= 11 is 0.